The second-order valence-corrected chi connectivity index (χ2v) is 4.18. The van der Waals surface area contributed by atoms with Gasteiger partial charge in [0.2, 0.25) is 0 Å². The summed E-state index contributed by atoms with van der Waals surface area (Å²) in [6, 6.07) is 10.4. The van der Waals surface area contributed by atoms with Crippen LogP contribution in [0.4, 0.5) is 4.39 Å². The van der Waals surface area contributed by atoms with Crippen LogP contribution in [0.1, 0.15) is 10.5 Å². The fourth-order valence-corrected chi connectivity index (χ4v) is 1.70. The van der Waals surface area contributed by atoms with Gasteiger partial charge in [-0.05, 0) is 11.6 Å². The summed E-state index contributed by atoms with van der Waals surface area (Å²) in [6.45, 7) is -0.336. The maximum atomic E-state index is 14.0. The molecule has 1 heterocycles. The molecular weight excluding hydrogens is 275 g/mol. The summed E-state index contributed by atoms with van der Waals surface area (Å²) in [4.78, 5) is 26.5. The number of benzene rings is 1. The molecule has 0 aliphatic rings. The Morgan fingerprint density at radius 3 is 2.57 bits per heavy atom. The predicted molar refractivity (Wildman–Crippen MR) is 74.0 cm³/mol. The molecule has 0 bridgehead atoms. The number of carbonyl (C=O) groups is 2. The number of carbonyl (C=O) groups excluding carboxylic acids is 2. The quantitative estimate of drug-likeness (QED) is 0.871. The van der Waals surface area contributed by atoms with Crippen molar-refractivity contribution in [3.63, 3.8) is 0 Å². The molecule has 0 aliphatic heterocycles. The maximum Gasteiger partial charge on any atom is 0.325 e. The van der Waals surface area contributed by atoms with Crippen molar-refractivity contribution in [1.29, 1.82) is 0 Å². The average molecular weight is 288 g/mol. The van der Waals surface area contributed by atoms with Crippen LogP contribution in [0.3, 0.4) is 0 Å². The van der Waals surface area contributed by atoms with Gasteiger partial charge >= 0.3 is 5.97 Å². The first-order valence-corrected chi connectivity index (χ1v) is 6.18. The molecule has 2 rings (SSSR count). The Labute approximate surface area is 120 Å². The van der Waals surface area contributed by atoms with Gasteiger partial charge in [0.05, 0.1) is 7.11 Å². The number of esters is 1. The molecule has 0 aliphatic carbocycles. The smallest absolute Gasteiger partial charge is 0.325 e. The highest BCUT2D eigenvalue weighted by atomic mass is 19.1. The minimum Gasteiger partial charge on any atom is -0.468 e. The minimum atomic E-state index is -0.766. The molecule has 0 unspecified atom stereocenters. The number of hydrogen-bond donors (Lipinski definition) is 1. The van der Waals surface area contributed by atoms with E-state index in [0.29, 0.717) is 5.56 Å². The predicted octanol–water partition coefficient (Wildman–Crippen LogP) is 1.79. The van der Waals surface area contributed by atoms with E-state index in [1.54, 1.807) is 0 Å². The SMILES string of the molecule is COC(=O)CNC(=O)c1ncc(-c2ccccc2)cc1F. The number of halogens is 1. The van der Waals surface area contributed by atoms with Crippen LogP contribution in [-0.4, -0.2) is 30.5 Å². The molecule has 0 spiro atoms. The average Bonchev–Trinajstić information content (AvgIpc) is 2.53. The lowest BCUT2D eigenvalue weighted by atomic mass is 10.1. The van der Waals surface area contributed by atoms with Crippen molar-refractivity contribution in [2.24, 2.45) is 0 Å². The zero-order chi connectivity index (χ0) is 15.2. The van der Waals surface area contributed by atoms with Crippen molar-refractivity contribution in [2.45, 2.75) is 0 Å². The Morgan fingerprint density at radius 2 is 1.95 bits per heavy atom. The summed E-state index contributed by atoms with van der Waals surface area (Å²) in [7, 11) is 1.20. The molecular formula is C15H13FN2O3. The summed E-state index contributed by atoms with van der Waals surface area (Å²) < 4.78 is 18.3. The van der Waals surface area contributed by atoms with Crippen molar-refractivity contribution >= 4 is 11.9 Å². The lowest BCUT2D eigenvalue weighted by Gasteiger charge is -2.06. The molecule has 1 amide bonds. The van der Waals surface area contributed by atoms with Crippen molar-refractivity contribution in [3.05, 3.63) is 54.1 Å². The first kappa shape index (κ1) is 14.6. The Bertz CT molecular complexity index is 659. The first-order valence-electron chi connectivity index (χ1n) is 6.18. The number of nitrogens with zero attached hydrogens (tertiary/aromatic N) is 1. The van der Waals surface area contributed by atoms with Gasteiger partial charge in [-0.2, -0.15) is 0 Å². The van der Waals surface area contributed by atoms with E-state index in [4.69, 9.17) is 0 Å². The van der Waals surface area contributed by atoms with Gasteiger partial charge in [-0.15, -0.1) is 0 Å². The second-order valence-electron chi connectivity index (χ2n) is 4.18. The van der Waals surface area contributed by atoms with Crippen molar-refractivity contribution in [1.82, 2.24) is 10.3 Å². The highest BCUT2D eigenvalue weighted by Gasteiger charge is 2.15. The molecule has 0 saturated heterocycles. The second kappa shape index (κ2) is 6.60. The Balaban J connectivity index is 2.16. The Hall–Kier alpha value is -2.76. The van der Waals surface area contributed by atoms with Crippen LogP contribution >= 0.6 is 0 Å². The Morgan fingerprint density at radius 1 is 1.24 bits per heavy atom. The fourth-order valence-electron chi connectivity index (χ4n) is 1.70. The van der Waals surface area contributed by atoms with Gasteiger partial charge in [0.25, 0.3) is 5.91 Å². The van der Waals surface area contributed by atoms with E-state index in [2.05, 4.69) is 15.0 Å². The monoisotopic (exact) mass is 288 g/mol. The molecule has 0 radical (unpaired) electrons. The number of methoxy groups -OCH3 is 1. The van der Waals surface area contributed by atoms with E-state index in [1.165, 1.54) is 19.4 Å². The van der Waals surface area contributed by atoms with Crippen LogP contribution in [0.2, 0.25) is 0 Å². The van der Waals surface area contributed by atoms with Gasteiger partial charge in [-0.3, -0.25) is 9.59 Å². The van der Waals surface area contributed by atoms with Gasteiger partial charge in [0, 0.05) is 11.8 Å². The van der Waals surface area contributed by atoms with Crippen LogP contribution in [0.5, 0.6) is 0 Å². The van der Waals surface area contributed by atoms with Crippen LogP contribution in [0.15, 0.2) is 42.6 Å². The van der Waals surface area contributed by atoms with Crippen LogP contribution in [0.25, 0.3) is 11.1 Å². The zero-order valence-electron chi connectivity index (χ0n) is 11.3. The molecule has 6 heteroatoms. The van der Waals surface area contributed by atoms with Crippen LogP contribution in [0, 0.1) is 5.82 Å². The number of nitrogens with one attached hydrogen (secondary N) is 1. The largest absolute Gasteiger partial charge is 0.468 e. The topological polar surface area (TPSA) is 68.3 Å². The number of aromatic nitrogens is 1. The normalized spacial score (nSPS) is 10.0. The maximum absolute atomic E-state index is 14.0. The van der Waals surface area contributed by atoms with Crippen LogP contribution < -0.4 is 5.32 Å². The van der Waals surface area contributed by atoms with E-state index in [9.17, 15) is 14.0 Å². The summed E-state index contributed by atoms with van der Waals surface area (Å²) in [5.41, 5.74) is 1.00. The number of rotatable bonds is 4. The van der Waals surface area contributed by atoms with E-state index in [0.717, 1.165) is 5.56 Å². The lowest BCUT2D eigenvalue weighted by Crippen LogP contribution is -2.31. The highest BCUT2D eigenvalue weighted by Crippen LogP contribution is 2.19. The molecule has 21 heavy (non-hydrogen) atoms. The molecule has 108 valence electrons. The van der Waals surface area contributed by atoms with Gasteiger partial charge in [-0.25, -0.2) is 9.37 Å². The third-order valence-electron chi connectivity index (χ3n) is 2.78. The van der Waals surface area contributed by atoms with Crippen molar-refractivity contribution in [3.8, 4) is 11.1 Å². The molecule has 0 atom stereocenters. The molecule has 0 fully saturated rings. The van der Waals surface area contributed by atoms with Crippen molar-refractivity contribution < 1.29 is 18.7 Å². The van der Waals surface area contributed by atoms with Crippen molar-refractivity contribution in [2.75, 3.05) is 13.7 Å². The number of hydrogen-bond acceptors (Lipinski definition) is 4. The number of amides is 1. The van der Waals surface area contributed by atoms with Gasteiger partial charge in [0.15, 0.2) is 11.5 Å². The standard InChI is InChI=1S/C15H13FN2O3/c1-21-13(19)9-18-15(20)14-12(16)7-11(8-17-14)10-5-3-2-4-6-10/h2-8H,9H2,1H3,(H,18,20). The molecule has 1 aromatic heterocycles. The van der Waals surface area contributed by atoms with Crippen LogP contribution in [-0.2, 0) is 9.53 Å². The third kappa shape index (κ3) is 3.62. The summed E-state index contributed by atoms with van der Waals surface area (Å²) in [5, 5.41) is 2.23. The first-order chi connectivity index (χ1) is 10.1. The summed E-state index contributed by atoms with van der Waals surface area (Å²) in [5.74, 6) is -2.14. The van der Waals surface area contributed by atoms with Gasteiger partial charge < -0.3 is 10.1 Å². The fraction of sp³-hybridized carbons (Fsp3) is 0.133. The van der Waals surface area contributed by atoms with E-state index >= 15 is 0 Å². The molecule has 5 nitrogen and oxygen atoms in total. The Kier molecular flexibility index (Phi) is 4.61. The third-order valence-corrected chi connectivity index (χ3v) is 2.78. The summed E-state index contributed by atoms with van der Waals surface area (Å²) in [6.07, 6.45) is 1.41. The molecule has 0 saturated carbocycles. The zero-order valence-corrected chi connectivity index (χ0v) is 11.3. The number of ether oxygens (including phenoxy) is 1. The number of pyridine rings is 1. The van der Waals surface area contributed by atoms with Gasteiger partial charge in [0.1, 0.15) is 6.54 Å². The lowest BCUT2D eigenvalue weighted by molar-refractivity contribution is -0.139. The molecule has 1 N–H and O–H groups in total. The minimum absolute atomic E-state index is 0.336. The van der Waals surface area contributed by atoms with E-state index < -0.39 is 17.7 Å². The van der Waals surface area contributed by atoms with E-state index in [1.807, 2.05) is 30.3 Å². The highest BCUT2D eigenvalue weighted by molar-refractivity contribution is 5.94. The van der Waals surface area contributed by atoms with E-state index in [-0.39, 0.29) is 12.2 Å². The van der Waals surface area contributed by atoms with Gasteiger partial charge in [-0.1, -0.05) is 30.3 Å². The molecule has 1 aromatic carbocycles. The molecule has 2 aromatic rings. The summed E-state index contributed by atoms with van der Waals surface area (Å²) >= 11 is 0.